The zero-order valence-corrected chi connectivity index (χ0v) is 12.0. The van der Waals surface area contributed by atoms with Gasteiger partial charge in [0.15, 0.2) is 0 Å². The molecule has 2 aromatic rings. The maximum Gasteiger partial charge on any atom is 0.242 e. The van der Waals surface area contributed by atoms with Gasteiger partial charge in [0.1, 0.15) is 22.3 Å². The smallest absolute Gasteiger partial charge is 0.211 e. The Morgan fingerprint density at radius 3 is 2.80 bits per heavy atom. The molecule has 0 amide bonds. The minimum absolute atomic E-state index is 0.195. The van der Waals surface area contributed by atoms with Crippen molar-refractivity contribution >= 4 is 21.4 Å². The van der Waals surface area contributed by atoms with Gasteiger partial charge in [0.05, 0.1) is 0 Å². The highest BCUT2D eigenvalue weighted by molar-refractivity contribution is 7.89. The van der Waals surface area contributed by atoms with E-state index in [1.807, 2.05) is 16.8 Å². The summed E-state index contributed by atoms with van der Waals surface area (Å²) >= 11 is 1.53. The average molecular weight is 310 g/mol. The summed E-state index contributed by atoms with van der Waals surface area (Å²) in [6.07, 6.45) is 0.542. The molecule has 1 aromatic carbocycles. The number of hydrogen-bond donors (Lipinski definition) is 1. The van der Waals surface area contributed by atoms with E-state index in [2.05, 4.69) is 4.72 Å². The number of nitrogens with one attached hydrogen (secondary N) is 1. The van der Waals surface area contributed by atoms with Gasteiger partial charge in [0.2, 0.25) is 10.0 Å². The van der Waals surface area contributed by atoms with Gasteiger partial charge in [0.25, 0.3) is 0 Å². The lowest BCUT2D eigenvalue weighted by Gasteiger charge is -2.08. The summed E-state index contributed by atoms with van der Waals surface area (Å²) in [5.41, 5.74) is 0.563. The number of sulfonamides is 1. The molecular weight excluding hydrogens is 299 g/mol. The van der Waals surface area contributed by atoms with E-state index in [4.69, 9.17) is 5.26 Å². The molecule has 0 atom stereocenters. The van der Waals surface area contributed by atoms with Crippen LogP contribution in [-0.4, -0.2) is 15.0 Å². The van der Waals surface area contributed by atoms with Gasteiger partial charge in [0, 0.05) is 6.54 Å². The second-order valence-electron chi connectivity index (χ2n) is 4.00. The van der Waals surface area contributed by atoms with Gasteiger partial charge in [-0.25, -0.2) is 17.5 Å². The van der Waals surface area contributed by atoms with Gasteiger partial charge >= 0.3 is 0 Å². The summed E-state index contributed by atoms with van der Waals surface area (Å²) in [6.45, 7) is 0.195. The standard InChI is InChI=1S/C13H11FN2O2S2/c14-12-2-1-3-13(11(12)8-15)20(17,18)16-6-4-10-5-7-19-9-10/h1-3,5,7,9,16H,4,6H2. The van der Waals surface area contributed by atoms with E-state index in [1.165, 1.54) is 23.5 Å². The first kappa shape index (κ1) is 14.7. The van der Waals surface area contributed by atoms with Crippen molar-refractivity contribution in [1.29, 1.82) is 5.26 Å². The number of thiophene rings is 1. The molecule has 4 nitrogen and oxygen atoms in total. The topological polar surface area (TPSA) is 70.0 Å². The van der Waals surface area contributed by atoms with Crippen LogP contribution in [0.25, 0.3) is 0 Å². The van der Waals surface area contributed by atoms with Gasteiger partial charge in [-0.2, -0.15) is 16.6 Å². The van der Waals surface area contributed by atoms with Gasteiger partial charge in [-0.1, -0.05) is 6.07 Å². The molecule has 0 fully saturated rings. The largest absolute Gasteiger partial charge is 0.242 e. The van der Waals surface area contributed by atoms with Crippen LogP contribution >= 0.6 is 11.3 Å². The van der Waals surface area contributed by atoms with Crippen LogP contribution in [0.1, 0.15) is 11.1 Å². The molecule has 0 saturated heterocycles. The predicted octanol–water partition coefficient (Wildman–Crippen LogP) is 2.28. The molecule has 0 radical (unpaired) electrons. The Kier molecular flexibility index (Phi) is 4.49. The maximum absolute atomic E-state index is 13.4. The Hall–Kier alpha value is -1.75. The highest BCUT2D eigenvalue weighted by Gasteiger charge is 2.20. The number of rotatable bonds is 5. The zero-order valence-electron chi connectivity index (χ0n) is 10.3. The van der Waals surface area contributed by atoms with Crippen molar-refractivity contribution in [2.75, 3.05) is 6.54 Å². The van der Waals surface area contributed by atoms with Gasteiger partial charge in [-0.3, -0.25) is 0 Å². The number of nitrogens with zero attached hydrogens (tertiary/aromatic N) is 1. The summed E-state index contributed by atoms with van der Waals surface area (Å²) in [4.78, 5) is -0.328. The number of benzene rings is 1. The van der Waals surface area contributed by atoms with Crippen molar-refractivity contribution in [3.05, 3.63) is 52.0 Å². The molecule has 0 aliphatic rings. The zero-order chi connectivity index (χ0) is 14.6. The predicted molar refractivity (Wildman–Crippen MR) is 74.3 cm³/mol. The monoisotopic (exact) mass is 310 g/mol. The first-order valence-corrected chi connectivity index (χ1v) is 8.16. The van der Waals surface area contributed by atoms with Gasteiger partial charge < -0.3 is 0 Å². The molecule has 0 spiro atoms. The number of hydrogen-bond acceptors (Lipinski definition) is 4. The molecule has 1 aromatic heterocycles. The Morgan fingerprint density at radius 2 is 2.15 bits per heavy atom. The molecule has 7 heteroatoms. The lowest BCUT2D eigenvalue weighted by Crippen LogP contribution is -2.26. The van der Waals surface area contributed by atoms with Crippen molar-refractivity contribution in [1.82, 2.24) is 4.72 Å². The Bertz CT molecular complexity index is 734. The van der Waals surface area contributed by atoms with Crippen LogP contribution in [0.3, 0.4) is 0 Å². The first-order valence-electron chi connectivity index (χ1n) is 5.74. The Morgan fingerprint density at radius 1 is 1.35 bits per heavy atom. The molecule has 1 heterocycles. The summed E-state index contributed by atoms with van der Waals surface area (Å²) in [6, 6.07) is 7.03. The van der Waals surface area contributed by atoms with Crippen LogP contribution in [0.5, 0.6) is 0 Å². The van der Waals surface area contributed by atoms with Crippen LogP contribution in [-0.2, 0) is 16.4 Å². The van der Waals surface area contributed by atoms with Gasteiger partial charge in [-0.15, -0.1) is 0 Å². The van der Waals surface area contributed by atoms with E-state index in [0.717, 1.165) is 11.6 Å². The Labute approximate surface area is 120 Å². The fourth-order valence-electron chi connectivity index (χ4n) is 1.68. The molecular formula is C13H11FN2O2S2. The normalized spacial score (nSPS) is 11.2. The molecule has 104 valence electrons. The van der Waals surface area contributed by atoms with Crippen LogP contribution < -0.4 is 4.72 Å². The van der Waals surface area contributed by atoms with Crippen molar-refractivity contribution in [2.24, 2.45) is 0 Å². The molecule has 2 rings (SSSR count). The van der Waals surface area contributed by atoms with E-state index in [-0.39, 0.29) is 11.4 Å². The van der Waals surface area contributed by atoms with Crippen LogP contribution in [0, 0.1) is 17.1 Å². The third-order valence-corrected chi connectivity index (χ3v) is 4.90. The van der Waals surface area contributed by atoms with Crippen molar-refractivity contribution in [3.8, 4) is 6.07 Å². The summed E-state index contributed by atoms with van der Waals surface area (Å²) in [7, 11) is -3.89. The van der Waals surface area contributed by atoms with E-state index in [0.29, 0.717) is 6.42 Å². The number of nitriles is 1. The van der Waals surface area contributed by atoms with Gasteiger partial charge in [-0.05, 0) is 40.9 Å². The lowest BCUT2D eigenvalue weighted by atomic mass is 10.2. The fraction of sp³-hybridized carbons (Fsp3) is 0.154. The first-order chi connectivity index (χ1) is 9.54. The van der Waals surface area contributed by atoms with E-state index >= 15 is 0 Å². The van der Waals surface area contributed by atoms with Crippen LogP contribution in [0.2, 0.25) is 0 Å². The second kappa shape index (κ2) is 6.13. The molecule has 0 bridgehead atoms. The molecule has 1 N–H and O–H groups in total. The summed E-state index contributed by atoms with van der Waals surface area (Å²) < 4.78 is 39.9. The molecule has 0 unspecified atom stereocenters. The molecule has 0 aliphatic carbocycles. The SMILES string of the molecule is N#Cc1c(F)cccc1S(=O)(=O)NCCc1ccsc1. The molecule has 0 saturated carbocycles. The summed E-state index contributed by atoms with van der Waals surface area (Å²) in [5, 5.41) is 12.7. The highest BCUT2D eigenvalue weighted by Crippen LogP contribution is 2.17. The molecule has 0 aliphatic heterocycles. The number of halogens is 1. The van der Waals surface area contributed by atoms with Crippen LogP contribution in [0.15, 0.2) is 39.9 Å². The maximum atomic E-state index is 13.4. The molecule has 20 heavy (non-hydrogen) atoms. The second-order valence-corrected chi connectivity index (χ2v) is 6.52. The average Bonchev–Trinajstić information content (AvgIpc) is 2.91. The van der Waals surface area contributed by atoms with Crippen molar-refractivity contribution in [2.45, 2.75) is 11.3 Å². The van der Waals surface area contributed by atoms with E-state index in [1.54, 1.807) is 6.07 Å². The minimum atomic E-state index is -3.89. The van der Waals surface area contributed by atoms with Crippen LogP contribution in [0.4, 0.5) is 4.39 Å². The quantitative estimate of drug-likeness (QED) is 0.921. The lowest BCUT2D eigenvalue weighted by molar-refractivity contribution is 0.576. The fourth-order valence-corrected chi connectivity index (χ4v) is 3.58. The third kappa shape index (κ3) is 3.22. The van der Waals surface area contributed by atoms with E-state index in [9.17, 15) is 12.8 Å². The van der Waals surface area contributed by atoms with Crippen molar-refractivity contribution in [3.63, 3.8) is 0 Å². The van der Waals surface area contributed by atoms with E-state index < -0.39 is 21.4 Å². The third-order valence-electron chi connectivity index (χ3n) is 2.66. The highest BCUT2D eigenvalue weighted by atomic mass is 32.2. The summed E-state index contributed by atoms with van der Waals surface area (Å²) in [5.74, 6) is -0.840. The van der Waals surface area contributed by atoms with Crippen molar-refractivity contribution < 1.29 is 12.8 Å². The minimum Gasteiger partial charge on any atom is -0.211 e. The Balaban J connectivity index is 2.15.